The molecule has 2 aromatic carbocycles. The van der Waals surface area contributed by atoms with Crippen LogP contribution in [-0.2, 0) is 27.9 Å². The van der Waals surface area contributed by atoms with E-state index in [9.17, 15) is 22.0 Å². The van der Waals surface area contributed by atoms with Gasteiger partial charge in [-0.05, 0) is 37.1 Å². The summed E-state index contributed by atoms with van der Waals surface area (Å²) in [6.07, 6.45) is 5.87. The molecule has 278 valence electrons. The summed E-state index contributed by atoms with van der Waals surface area (Å²) in [5.74, 6) is -1.70. The summed E-state index contributed by atoms with van der Waals surface area (Å²) in [6.45, 7) is 1.63. The van der Waals surface area contributed by atoms with Crippen molar-refractivity contribution in [2.24, 2.45) is 5.92 Å². The molecule has 2 atom stereocenters. The van der Waals surface area contributed by atoms with E-state index in [-0.39, 0.29) is 43.4 Å². The predicted molar refractivity (Wildman–Crippen MR) is 191 cm³/mol. The van der Waals surface area contributed by atoms with Crippen molar-refractivity contribution in [3.05, 3.63) is 89.3 Å². The summed E-state index contributed by atoms with van der Waals surface area (Å²) in [4.78, 5) is 21.3. The fraction of sp³-hybridized carbons (Fsp3) is 0.421. The average Bonchev–Trinajstić information content (AvgIpc) is 3.15. The molecule has 0 radical (unpaired) electrons. The van der Waals surface area contributed by atoms with Crippen LogP contribution in [0.2, 0.25) is 0 Å². The number of ether oxygens (including phenoxy) is 4. The van der Waals surface area contributed by atoms with Gasteiger partial charge in [0.1, 0.15) is 29.2 Å². The summed E-state index contributed by atoms with van der Waals surface area (Å²) in [6, 6.07) is 13.5. The zero-order valence-electron chi connectivity index (χ0n) is 30.0. The van der Waals surface area contributed by atoms with Crippen molar-refractivity contribution in [1.29, 1.82) is 0 Å². The van der Waals surface area contributed by atoms with Crippen LogP contribution in [0.15, 0.2) is 83.2 Å². The number of aromatic nitrogens is 1. The molecule has 2 aliphatic heterocycles. The second-order valence-corrected chi connectivity index (χ2v) is 15.1. The third-order valence-corrected chi connectivity index (χ3v) is 11.7. The van der Waals surface area contributed by atoms with Crippen molar-refractivity contribution < 1.29 is 40.9 Å². The first-order valence-corrected chi connectivity index (χ1v) is 18.6. The number of anilines is 1. The molecule has 0 spiro atoms. The molecule has 1 fully saturated rings. The Kier molecular flexibility index (Phi) is 10.9. The highest BCUT2D eigenvalue weighted by Gasteiger charge is 2.45. The Bertz CT molecular complexity index is 1930. The Morgan fingerprint density at radius 3 is 2.12 bits per heavy atom. The molecule has 3 aromatic rings. The number of halogens is 2. The molecule has 11 nitrogen and oxygen atoms in total. The van der Waals surface area contributed by atoms with Gasteiger partial charge in [-0.2, -0.15) is 4.31 Å². The zero-order valence-corrected chi connectivity index (χ0v) is 30.8. The van der Waals surface area contributed by atoms with Crippen molar-refractivity contribution in [3.8, 4) is 23.0 Å². The highest BCUT2D eigenvalue weighted by atomic mass is 32.2. The number of sulfonamides is 1. The molecule has 1 saturated heterocycles. The van der Waals surface area contributed by atoms with Crippen molar-refractivity contribution in [2.45, 2.75) is 62.8 Å². The number of alkyl halides is 2. The van der Waals surface area contributed by atoms with E-state index in [1.54, 1.807) is 55.5 Å². The van der Waals surface area contributed by atoms with Crippen molar-refractivity contribution in [2.75, 3.05) is 46.4 Å². The monoisotopic (exact) mass is 738 g/mol. The van der Waals surface area contributed by atoms with E-state index >= 15 is 0 Å². The lowest BCUT2D eigenvalue weighted by molar-refractivity contribution is -0.115. The topological polar surface area (TPSA) is 111 Å². The molecular weight excluding hydrogens is 695 g/mol. The lowest BCUT2D eigenvalue weighted by Gasteiger charge is -2.47. The maximum Gasteiger partial charge on any atom is 0.261 e. The number of hydrogen-bond donors (Lipinski definition) is 0. The smallest absolute Gasteiger partial charge is 0.261 e. The van der Waals surface area contributed by atoms with E-state index < -0.39 is 28.0 Å². The van der Waals surface area contributed by atoms with Gasteiger partial charge in [-0.3, -0.25) is 9.69 Å². The van der Waals surface area contributed by atoms with Crippen LogP contribution in [0.5, 0.6) is 23.0 Å². The Labute approximate surface area is 303 Å². The van der Waals surface area contributed by atoms with Crippen molar-refractivity contribution in [3.63, 3.8) is 0 Å². The lowest BCUT2D eigenvalue weighted by atomic mass is 9.89. The summed E-state index contributed by atoms with van der Waals surface area (Å²) in [5, 5.41) is -0.221. The van der Waals surface area contributed by atoms with Crippen molar-refractivity contribution in [1.82, 2.24) is 14.2 Å². The van der Waals surface area contributed by atoms with Crippen LogP contribution in [-0.4, -0.2) is 82.0 Å². The number of piperidine rings is 1. The number of ketones is 1. The number of hydrogen-bond acceptors (Lipinski definition) is 10. The van der Waals surface area contributed by atoms with Crippen LogP contribution in [0.1, 0.15) is 43.7 Å². The number of allylic oxidation sites excluding steroid dienone is 3. The molecule has 3 aliphatic rings. The van der Waals surface area contributed by atoms with Gasteiger partial charge < -0.3 is 23.8 Å². The van der Waals surface area contributed by atoms with E-state index in [0.717, 1.165) is 5.70 Å². The van der Waals surface area contributed by atoms with Crippen molar-refractivity contribution >= 4 is 21.5 Å². The normalized spacial score (nSPS) is 20.5. The Balaban J connectivity index is 1.42. The number of benzene rings is 2. The molecule has 1 aromatic heterocycles. The number of likely N-dealkylation sites (tertiary alicyclic amines) is 1. The molecule has 0 N–H and O–H groups in total. The van der Waals surface area contributed by atoms with E-state index in [4.69, 9.17) is 18.9 Å². The first-order valence-electron chi connectivity index (χ1n) is 17.1. The highest BCUT2D eigenvalue weighted by molar-refractivity contribution is 7.89. The van der Waals surface area contributed by atoms with Crippen LogP contribution in [0.4, 0.5) is 14.5 Å². The van der Waals surface area contributed by atoms with Crippen LogP contribution >= 0.6 is 0 Å². The second-order valence-electron chi connectivity index (χ2n) is 13.2. The van der Waals surface area contributed by atoms with Gasteiger partial charge >= 0.3 is 0 Å². The van der Waals surface area contributed by atoms with Gasteiger partial charge in [-0.1, -0.05) is 25.1 Å². The van der Waals surface area contributed by atoms with Gasteiger partial charge in [0.05, 0.1) is 28.4 Å². The van der Waals surface area contributed by atoms with Crippen LogP contribution in [0.25, 0.3) is 0 Å². The second kappa shape index (κ2) is 15.2. The largest absolute Gasteiger partial charge is 0.497 e. The maximum atomic E-state index is 14.8. The van der Waals surface area contributed by atoms with Gasteiger partial charge in [-0.15, -0.1) is 0 Å². The maximum absolute atomic E-state index is 14.8. The van der Waals surface area contributed by atoms with Gasteiger partial charge in [0.2, 0.25) is 0 Å². The standard InChI is InChI=1S/C38H44F2N4O7S/c1-25-22-42(18-16-38(25,39)40)37-14-13-31-32(7-6-8-33(31)45)44(37)28-15-17-41-36(19-28)52(46,47)43(23-26-9-11-29(48-2)20-34(26)50-4)24-27-10-12-30(49-3)21-35(27)51-5/h9-15,17,19-21,25,37H,6-8,16,18,22-24H2,1-5H3. The molecule has 1 aliphatic carbocycles. The van der Waals surface area contributed by atoms with Crippen LogP contribution in [0.3, 0.4) is 0 Å². The minimum atomic E-state index is -4.34. The van der Waals surface area contributed by atoms with Gasteiger partial charge in [0.25, 0.3) is 15.9 Å². The number of carbonyl (C=O) groups is 1. The third kappa shape index (κ3) is 7.37. The number of rotatable bonds is 12. The molecule has 14 heteroatoms. The summed E-state index contributed by atoms with van der Waals surface area (Å²) >= 11 is 0. The number of Topliss-reactive ketones (excluding diaryl/α,β-unsaturated/α-hetero) is 1. The number of methoxy groups -OCH3 is 4. The Morgan fingerprint density at radius 1 is 0.904 bits per heavy atom. The van der Waals surface area contributed by atoms with Crippen LogP contribution in [0, 0.1) is 5.92 Å². The SMILES string of the molecule is COc1ccc(CN(Cc2ccc(OC)cc2OC)S(=O)(=O)c2cc(N3C4=C(C=CC3N3CCC(F)(F)C(C)C3)C(=O)CCC4)ccn2)c(OC)c1. The van der Waals surface area contributed by atoms with E-state index in [1.165, 1.54) is 45.0 Å². The fourth-order valence-corrected chi connectivity index (χ4v) is 8.40. The minimum Gasteiger partial charge on any atom is -0.497 e. The summed E-state index contributed by atoms with van der Waals surface area (Å²) in [7, 11) is 1.73. The molecule has 2 unspecified atom stereocenters. The molecule has 0 amide bonds. The number of nitrogens with zero attached hydrogens (tertiary/aromatic N) is 4. The third-order valence-electron chi connectivity index (χ3n) is 10.0. The average molecular weight is 739 g/mol. The Morgan fingerprint density at radius 2 is 1.54 bits per heavy atom. The quantitative estimate of drug-likeness (QED) is 0.213. The Hall–Kier alpha value is -4.53. The molecule has 52 heavy (non-hydrogen) atoms. The summed E-state index contributed by atoms with van der Waals surface area (Å²) < 4.78 is 82.1. The predicted octanol–water partition coefficient (Wildman–Crippen LogP) is 6.19. The minimum absolute atomic E-state index is 0.00514. The van der Waals surface area contributed by atoms with Gasteiger partial charge in [0, 0.05) is 97.4 Å². The van der Waals surface area contributed by atoms with E-state index in [2.05, 4.69) is 4.98 Å². The van der Waals surface area contributed by atoms with Gasteiger partial charge in [-0.25, -0.2) is 22.2 Å². The number of pyridine rings is 1. The fourth-order valence-electron chi connectivity index (χ4n) is 7.06. The summed E-state index contributed by atoms with van der Waals surface area (Å²) in [5.41, 5.74) is 2.95. The van der Waals surface area contributed by atoms with Gasteiger partial charge in [0.15, 0.2) is 10.8 Å². The molecule has 0 bridgehead atoms. The first kappa shape index (κ1) is 37.2. The molecular formula is C38H44F2N4O7S. The molecule has 0 saturated carbocycles. The van der Waals surface area contributed by atoms with E-state index in [1.807, 2.05) is 15.9 Å². The van der Waals surface area contributed by atoms with Crippen LogP contribution < -0.4 is 23.8 Å². The highest BCUT2D eigenvalue weighted by Crippen LogP contribution is 2.41. The molecule has 3 heterocycles. The van der Waals surface area contributed by atoms with E-state index in [0.29, 0.717) is 64.6 Å². The lowest BCUT2D eigenvalue weighted by Crippen LogP contribution is -2.56. The first-order chi connectivity index (χ1) is 24.9. The molecule has 6 rings (SSSR count). The zero-order chi connectivity index (χ0) is 37.2. The number of carbonyl (C=O) groups excluding carboxylic acids is 1.